The highest BCUT2D eigenvalue weighted by Crippen LogP contribution is 2.48. The molecule has 17 heavy (non-hydrogen) atoms. The second-order valence-electron chi connectivity index (χ2n) is 4.42. The molecule has 94 valence electrons. The van der Waals surface area contributed by atoms with Gasteiger partial charge in [0.15, 0.2) is 0 Å². The molecule has 0 saturated heterocycles. The van der Waals surface area contributed by atoms with Crippen LogP contribution in [0.1, 0.15) is 19.3 Å². The predicted molar refractivity (Wildman–Crippen MR) is 71.4 cm³/mol. The molecule has 0 spiro atoms. The molecule has 1 aliphatic carbocycles. The molecule has 1 aromatic rings. The Bertz CT molecular complexity index is 398. The summed E-state index contributed by atoms with van der Waals surface area (Å²) in [7, 11) is 1.74. The van der Waals surface area contributed by atoms with Gasteiger partial charge in [0.25, 0.3) is 0 Å². The predicted octanol–water partition coefficient (Wildman–Crippen LogP) is 3.12. The van der Waals surface area contributed by atoms with Crippen LogP contribution in [0.4, 0.5) is 5.82 Å². The van der Waals surface area contributed by atoms with Crippen LogP contribution < -0.4 is 5.32 Å². The van der Waals surface area contributed by atoms with Crippen molar-refractivity contribution in [3.8, 4) is 0 Å². The number of nitrogens with zero attached hydrogens (tertiary/aromatic N) is 2. The third-order valence-electron chi connectivity index (χ3n) is 3.17. The van der Waals surface area contributed by atoms with Crippen LogP contribution in [0.2, 0.25) is 5.15 Å². The summed E-state index contributed by atoms with van der Waals surface area (Å²) >= 11 is 9.28. The fraction of sp³-hybridized carbons (Fsp3) is 0.636. The topological polar surface area (TPSA) is 47.0 Å². The fourth-order valence-electron chi connectivity index (χ4n) is 1.75. The van der Waals surface area contributed by atoms with Gasteiger partial charge in [-0.25, -0.2) is 9.97 Å². The Morgan fingerprint density at radius 3 is 2.94 bits per heavy atom. The second-order valence-corrected chi connectivity index (χ2v) is 5.57. The Labute approximate surface area is 114 Å². The van der Waals surface area contributed by atoms with E-state index in [0.29, 0.717) is 10.6 Å². The van der Waals surface area contributed by atoms with Gasteiger partial charge in [-0.05, 0) is 40.6 Å². The van der Waals surface area contributed by atoms with E-state index in [1.807, 2.05) is 0 Å². The van der Waals surface area contributed by atoms with Gasteiger partial charge in [-0.15, -0.1) is 0 Å². The molecule has 1 aliphatic rings. The van der Waals surface area contributed by atoms with Gasteiger partial charge in [0.1, 0.15) is 17.3 Å². The Kier molecular flexibility index (Phi) is 4.22. The van der Waals surface area contributed by atoms with E-state index >= 15 is 0 Å². The Hall–Kier alpha value is -0.390. The first-order valence-electron chi connectivity index (χ1n) is 5.56. The van der Waals surface area contributed by atoms with Gasteiger partial charge in [-0.3, -0.25) is 0 Å². The molecule has 4 nitrogen and oxygen atoms in total. The van der Waals surface area contributed by atoms with Crippen molar-refractivity contribution in [3.63, 3.8) is 0 Å². The van der Waals surface area contributed by atoms with Crippen LogP contribution in [-0.2, 0) is 4.74 Å². The Balaban J connectivity index is 1.92. The zero-order chi connectivity index (χ0) is 12.3. The minimum atomic E-state index is 0.382. The first-order valence-corrected chi connectivity index (χ1v) is 6.73. The summed E-state index contributed by atoms with van der Waals surface area (Å²) in [5.41, 5.74) is 0.382. The van der Waals surface area contributed by atoms with E-state index in [2.05, 4.69) is 31.2 Å². The van der Waals surface area contributed by atoms with Crippen molar-refractivity contribution in [1.82, 2.24) is 9.97 Å². The van der Waals surface area contributed by atoms with Crippen molar-refractivity contribution in [2.24, 2.45) is 5.41 Å². The maximum atomic E-state index is 5.91. The van der Waals surface area contributed by atoms with Gasteiger partial charge in [0.05, 0.1) is 4.47 Å². The van der Waals surface area contributed by atoms with E-state index in [9.17, 15) is 0 Å². The maximum Gasteiger partial charge on any atom is 0.148 e. The quantitative estimate of drug-likeness (QED) is 0.818. The molecule has 6 heteroatoms. The zero-order valence-electron chi connectivity index (χ0n) is 9.67. The first-order chi connectivity index (χ1) is 8.17. The van der Waals surface area contributed by atoms with E-state index in [4.69, 9.17) is 16.3 Å². The highest BCUT2D eigenvalue weighted by atomic mass is 79.9. The van der Waals surface area contributed by atoms with Crippen molar-refractivity contribution in [2.75, 3.05) is 25.6 Å². The van der Waals surface area contributed by atoms with Crippen LogP contribution in [0.5, 0.6) is 0 Å². The van der Waals surface area contributed by atoms with Crippen LogP contribution in [0.3, 0.4) is 0 Å². The molecule has 1 N–H and O–H groups in total. The molecule has 0 aromatic carbocycles. The largest absolute Gasteiger partial charge is 0.385 e. The number of methoxy groups -OCH3 is 1. The Morgan fingerprint density at radius 1 is 1.53 bits per heavy atom. The average Bonchev–Trinajstić information content (AvgIpc) is 3.09. The average molecular weight is 321 g/mol. The molecule has 2 rings (SSSR count). The molecule has 1 aromatic heterocycles. The number of hydrogen-bond donors (Lipinski definition) is 1. The number of ether oxygens (including phenoxy) is 1. The van der Waals surface area contributed by atoms with E-state index in [-0.39, 0.29) is 0 Å². The summed E-state index contributed by atoms with van der Waals surface area (Å²) in [6.07, 6.45) is 5.05. The molecule has 1 saturated carbocycles. The van der Waals surface area contributed by atoms with Crippen molar-refractivity contribution in [2.45, 2.75) is 19.3 Å². The highest BCUT2D eigenvalue weighted by Gasteiger charge is 2.41. The van der Waals surface area contributed by atoms with E-state index in [1.54, 1.807) is 7.11 Å². The summed E-state index contributed by atoms with van der Waals surface area (Å²) in [6, 6.07) is 0. The summed E-state index contributed by atoms with van der Waals surface area (Å²) in [6.45, 7) is 1.72. The summed E-state index contributed by atoms with van der Waals surface area (Å²) < 4.78 is 5.85. The van der Waals surface area contributed by atoms with Crippen LogP contribution in [-0.4, -0.2) is 30.2 Å². The summed E-state index contributed by atoms with van der Waals surface area (Å²) in [5.74, 6) is 0.758. The molecule has 1 heterocycles. The number of anilines is 1. The highest BCUT2D eigenvalue weighted by molar-refractivity contribution is 9.10. The molecule has 0 aliphatic heterocycles. The second kappa shape index (κ2) is 5.50. The van der Waals surface area contributed by atoms with E-state index in [1.165, 1.54) is 19.2 Å². The van der Waals surface area contributed by atoms with Crippen LogP contribution in [0, 0.1) is 5.41 Å². The Morgan fingerprint density at radius 2 is 2.29 bits per heavy atom. The fourth-order valence-corrected chi connectivity index (χ4v) is 2.23. The number of nitrogens with one attached hydrogen (secondary N) is 1. The lowest BCUT2D eigenvalue weighted by Crippen LogP contribution is -2.18. The number of rotatable bonds is 6. The molecule has 0 unspecified atom stereocenters. The summed E-state index contributed by atoms with van der Waals surface area (Å²) in [5, 5.41) is 3.76. The monoisotopic (exact) mass is 319 g/mol. The molecule has 0 atom stereocenters. The smallest absolute Gasteiger partial charge is 0.148 e. The van der Waals surface area contributed by atoms with Crippen molar-refractivity contribution >= 4 is 33.3 Å². The number of aromatic nitrogens is 2. The zero-order valence-corrected chi connectivity index (χ0v) is 12.0. The molecule has 0 radical (unpaired) electrons. The lowest BCUT2D eigenvalue weighted by Gasteiger charge is -2.16. The molecule has 1 fully saturated rings. The minimum absolute atomic E-state index is 0.382. The molecule has 0 amide bonds. The van der Waals surface area contributed by atoms with Gasteiger partial charge < -0.3 is 10.1 Å². The van der Waals surface area contributed by atoms with Crippen molar-refractivity contribution < 1.29 is 4.74 Å². The van der Waals surface area contributed by atoms with Gasteiger partial charge in [0.2, 0.25) is 0 Å². The molecular weight excluding hydrogens is 305 g/mol. The van der Waals surface area contributed by atoms with Crippen molar-refractivity contribution in [1.29, 1.82) is 0 Å². The van der Waals surface area contributed by atoms with Crippen LogP contribution >= 0.6 is 27.5 Å². The lowest BCUT2D eigenvalue weighted by atomic mass is 10.0. The number of hydrogen-bond acceptors (Lipinski definition) is 4. The van der Waals surface area contributed by atoms with E-state index in [0.717, 1.165) is 29.9 Å². The third-order valence-corrected chi connectivity index (χ3v) is 4.44. The van der Waals surface area contributed by atoms with E-state index < -0.39 is 0 Å². The minimum Gasteiger partial charge on any atom is -0.385 e. The van der Waals surface area contributed by atoms with Gasteiger partial charge in [-0.1, -0.05) is 11.6 Å². The third kappa shape index (κ3) is 3.30. The number of halogens is 2. The molecule has 0 bridgehead atoms. The maximum absolute atomic E-state index is 5.91. The lowest BCUT2D eigenvalue weighted by molar-refractivity contribution is 0.175. The first kappa shape index (κ1) is 13.1. The summed E-state index contributed by atoms with van der Waals surface area (Å²) in [4.78, 5) is 8.06. The van der Waals surface area contributed by atoms with Crippen LogP contribution in [0.25, 0.3) is 0 Å². The van der Waals surface area contributed by atoms with Gasteiger partial charge in [-0.2, -0.15) is 0 Å². The van der Waals surface area contributed by atoms with Gasteiger partial charge >= 0.3 is 0 Å². The van der Waals surface area contributed by atoms with Crippen LogP contribution in [0.15, 0.2) is 10.8 Å². The van der Waals surface area contributed by atoms with Gasteiger partial charge in [0, 0.05) is 20.3 Å². The standard InChI is InChI=1S/C11H15BrClN3O/c1-17-5-4-11(2-3-11)6-14-10-8(12)9(13)15-7-16-10/h7H,2-6H2,1H3,(H,14,15,16). The SMILES string of the molecule is COCCC1(CNc2ncnc(Cl)c2Br)CC1. The van der Waals surface area contributed by atoms with Crippen molar-refractivity contribution in [3.05, 3.63) is 16.0 Å². The normalized spacial score (nSPS) is 16.9. The molecular formula is C11H15BrClN3O.